The maximum Gasteiger partial charge on any atom is 0.241 e. The molecule has 4 heteroatoms. The lowest BCUT2D eigenvalue weighted by molar-refractivity contribution is -0.129. The molecular formula is C15H23N3O. The van der Waals surface area contributed by atoms with Gasteiger partial charge in [0.25, 0.3) is 0 Å². The van der Waals surface area contributed by atoms with E-state index in [1.54, 1.807) is 0 Å². The summed E-state index contributed by atoms with van der Waals surface area (Å²) in [4.78, 5) is 16.4. The molecule has 0 saturated carbocycles. The standard InChI is InChI=1S/C15H23N3O/c1-3-18-10-9-14(12-18)17(2)15(19)11-16-13-7-5-4-6-8-13/h4-8,14,16H,3,9-12H2,1-2H3. The van der Waals surface area contributed by atoms with Crippen molar-refractivity contribution in [1.29, 1.82) is 0 Å². The van der Waals surface area contributed by atoms with Crippen LogP contribution in [-0.2, 0) is 4.79 Å². The van der Waals surface area contributed by atoms with E-state index in [0.717, 1.165) is 31.7 Å². The molecule has 1 heterocycles. The molecule has 0 spiro atoms. The lowest BCUT2D eigenvalue weighted by Gasteiger charge is -2.25. The van der Waals surface area contributed by atoms with Gasteiger partial charge in [0.15, 0.2) is 0 Å². The van der Waals surface area contributed by atoms with Gasteiger partial charge in [0.1, 0.15) is 0 Å². The lowest BCUT2D eigenvalue weighted by Crippen LogP contribution is -2.41. The van der Waals surface area contributed by atoms with Gasteiger partial charge in [-0.25, -0.2) is 0 Å². The third-order valence-corrected chi connectivity index (χ3v) is 3.85. The minimum atomic E-state index is 0.159. The Bertz CT molecular complexity index is 407. The second-order valence-corrected chi connectivity index (χ2v) is 5.06. The third kappa shape index (κ3) is 3.70. The summed E-state index contributed by atoms with van der Waals surface area (Å²) in [6, 6.07) is 10.2. The van der Waals surface area contributed by atoms with Crippen molar-refractivity contribution >= 4 is 11.6 Å². The summed E-state index contributed by atoms with van der Waals surface area (Å²) >= 11 is 0. The number of amides is 1. The molecule has 1 unspecified atom stereocenters. The van der Waals surface area contributed by atoms with Gasteiger partial charge in [-0.3, -0.25) is 4.79 Å². The molecule has 0 radical (unpaired) electrons. The molecule has 1 N–H and O–H groups in total. The average molecular weight is 261 g/mol. The van der Waals surface area contributed by atoms with Crippen molar-refractivity contribution in [2.24, 2.45) is 0 Å². The van der Waals surface area contributed by atoms with Gasteiger partial charge >= 0.3 is 0 Å². The monoisotopic (exact) mass is 261 g/mol. The van der Waals surface area contributed by atoms with E-state index in [9.17, 15) is 4.79 Å². The zero-order valence-electron chi connectivity index (χ0n) is 11.8. The van der Waals surface area contributed by atoms with Crippen molar-refractivity contribution < 1.29 is 4.79 Å². The van der Waals surface area contributed by atoms with Gasteiger partial charge in [0, 0.05) is 31.9 Å². The van der Waals surface area contributed by atoms with Crippen LogP contribution in [0, 0.1) is 0 Å². The highest BCUT2D eigenvalue weighted by atomic mass is 16.2. The van der Waals surface area contributed by atoms with Crippen LogP contribution in [0.5, 0.6) is 0 Å². The van der Waals surface area contributed by atoms with Crippen molar-refractivity contribution in [1.82, 2.24) is 9.80 Å². The molecular weight excluding hydrogens is 238 g/mol. The van der Waals surface area contributed by atoms with Gasteiger partial charge in [-0.2, -0.15) is 0 Å². The fraction of sp³-hybridized carbons (Fsp3) is 0.533. The van der Waals surface area contributed by atoms with Crippen LogP contribution in [0.25, 0.3) is 0 Å². The summed E-state index contributed by atoms with van der Waals surface area (Å²) in [7, 11) is 1.92. The van der Waals surface area contributed by atoms with Crippen LogP contribution in [0.4, 0.5) is 5.69 Å². The van der Waals surface area contributed by atoms with E-state index in [2.05, 4.69) is 17.1 Å². The number of para-hydroxylation sites is 1. The first-order chi connectivity index (χ1) is 9.20. The largest absolute Gasteiger partial charge is 0.376 e. The van der Waals surface area contributed by atoms with Crippen LogP contribution in [0.15, 0.2) is 30.3 Å². The number of likely N-dealkylation sites (N-methyl/N-ethyl adjacent to an activating group) is 2. The van der Waals surface area contributed by atoms with Gasteiger partial charge in [-0.1, -0.05) is 25.1 Å². The predicted molar refractivity (Wildman–Crippen MR) is 78.2 cm³/mol. The van der Waals surface area contributed by atoms with Crippen molar-refractivity contribution in [2.75, 3.05) is 38.5 Å². The summed E-state index contributed by atoms with van der Waals surface area (Å²) in [5.41, 5.74) is 0.992. The zero-order chi connectivity index (χ0) is 13.7. The van der Waals surface area contributed by atoms with E-state index < -0.39 is 0 Å². The topological polar surface area (TPSA) is 35.6 Å². The first-order valence-corrected chi connectivity index (χ1v) is 6.97. The number of anilines is 1. The Balaban J connectivity index is 1.80. The number of benzene rings is 1. The maximum atomic E-state index is 12.1. The number of rotatable bonds is 5. The van der Waals surface area contributed by atoms with E-state index in [-0.39, 0.29) is 5.91 Å². The molecule has 4 nitrogen and oxygen atoms in total. The van der Waals surface area contributed by atoms with Gasteiger partial charge < -0.3 is 15.1 Å². The van der Waals surface area contributed by atoms with Gasteiger partial charge in [0.05, 0.1) is 6.54 Å². The third-order valence-electron chi connectivity index (χ3n) is 3.85. The van der Waals surface area contributed by atoms with Gasteiger partial charge in [-0.15, -0.1) is 0 Å². The summed E-state index contributed by atoms with van der Waals surface area (Å²) in [5.74, 6) is 0.159. The van der Waals surface area contributed by atoms with E-state index in [0.29, 0.717) is 12.6 Å². The first-order valence-electron chi connectivity index (χ1n) is 6.97. The van der Waals surface area contributed by atoms with E-state index >= 15 is 0 Å². The number of nitrogens with zero attached hydrogens (tertiary/aromatic N) is 2. The molecule has 1 aromatic carbocycles. The minimum Gasteiger partial charge on any atom is -0.376 e. The summed E-state index contributed by atoms with van der Waals surface area (Å²) < 4.78 is 0. The summed E-state index contributed by atoms with van der Waals surface area (Å²) in [6.45, 7) is 5.71. The molecule has 1 amide bonds. The highest BCUT2D eigenvalue weighted by Crippen LogP contribution is 2.14. The number of hydrogen-bond acceptors (Lipinski definition) is 3. The fourth-order valence-corrected chi connectivity index (χ4v) is 2.48. The summed E-state index contributed by atoms with van der Waals surface area (Å²) in [5, 5.41) is 3.17. The molecule has 19 heavy (non-hydrogen) atoms. The Kier molecular flexibility index (Phi) is 4.80. The van der Waals surface area contributed by atoms with Crippen molar-refractivity contribution in [2.45, 2.75) is 19.4 Å². The number of carbonyl (C=O) groups is 1. The van der Waals surface area contributed by atoms with Crippen LogP contribution < -0.4 is 5.32 Å². The smallest absolute Gasteiger partial charge is 0.241 e. The highest BCUT2D eigenvalue weighted by molar-refractivity contribution is 5.81. The second kappa shape index (κ2) is 6.57. The Hall–Kier alpha value is -1.55. The maximum absolute atomic E-state index is 12.1. The van der Waals surface area contributed by atoms with Crippen molar-refractivity contribution in [3.05, 3.63) is 30.3 Å². The molecule has 0 bridgehead atoms. The van der Waals surface area contributed by atoms with E-state index in [4.69, 9.17) is 0 Å². The van der Waals surface area contributed by atoms with Crippen molar-refractivity contribution in [3.8, 4) is 0 Å². The Morgan fingerprint density at radius 1 is 1.42 bits per heavy atom. The van der Waals surface area contributed by atoms with Crippen LogP contribution in [0.2, 0.25) is 0 Å². The lowest BCUT2D eigenvalue weighted by atomic mass is 10.2. The van der Waals surface area contributed by atoms with Crippen LogP contribution in [0.1, 0.15) is 13.3 Å². The normalized spacial score (nSPS) is 19.4. The SMILES string of the molecule is CCN1CCC(N(C)C(=O)CNc2ccccc2)C1. The molecule has 1 saturated heterocycles. The number of likely N-dealkylation sites (tertiary alicyclic amines) is 1. The molecule has 0 aliphatic carbocycles. The number of hydrogen-bond donors (Lipinski definition) is 1. The Labute approximate surface area is 115 Å². The molecule has 104 valence electrons. The van der Waals surface area contributed by atoms with Gasteiger partial charge in [-0.05, 0) is 25.1 Å². The Morgan fingerprint density at radius 3 is 2.79 bits per heavy atom. The van der Waals surface area contributed by atoms with Crippen LogP contribution >= 0.6 is 0 Å². The second-order valence-electron chi connectivity index (χ2n) is 5.06. The molecule has 1 aliphatic heterocycles. The minimum absolute atomic E-state index is 0.159. The van der Waals surface area contributed by atoms with Crippen molar-refractivity contribution in [3.63, 3.8) is 0 Å². The van der Waals surface area contributed by atoms with Crippen LogP contribution in [-0.4, -0.2) is 55.0 Å². The molecule has 2 rings (SSSR count). The molecule has 0 aromatic heterocycles. The van der Waals surface area contributed by atoms with E-state index in [1.807, 2.05) is 42.3 Å². The molecule has 1 aromatic rings. The zero-order valence-corrected chi connectivity index (χ0v) is 11.8. The van der Waals surface area contributed by atoms with Crippen LogP contribution in [0.3, 0.4) is 0 Å². The highest BCUT2D eigenvalue weighted by Gasteiger charge is 2.27. The molecule has 1 fully saturated rings. The number of nitrogens with one attached hydrogen (secondary N) is 1. The fourth-order valence-electron chi connectivity index (χ4n) is 2.48. The van der Waals surface area contributed by atoms with Gasteiger partial charge in [0.2, 0.25) is 5.91 Å². The van der Waals surface area contributed by atoms with E-state index in [1.165, 1.54) is 0 Å². The first kappa shape index (κ1) is 13.9. The Morgan fingerprint density at radius 2 is 2.16 bits per heavy atom. The summed E-state index contributed by atoms with van der Waals surface area (Å²) in [6.07, 6.45) is 1.08. The predicted octanol–water partition coefficient (Wildman–Crippen LogP) is 1.65. The average Bonchev–Trinajstić information content (AvgIpc) is 2.94. The number of carbonyl (C=O) groups excluding carboxylic acids is 1. The molecule has 1 aliphatic rings. The quantitative estimate of drug-likeness (QED) is 0.875. The molecule has 1 atom stereocenters.